The number of hydrogen-bond acceptors (Lipinski definition) is 14. The molecule has 0 N–H and O–H groups in total. The monoisotopic (exact) mass is 753 g/mol. The number of methoxy groups -OCH3 is 5. The van der Waals surface area contributed by atoms with Crippen LogP contribution in [0.3, 0.4) is 0 Å². The molecule has 2 aromatic rings. The summed E-state index contributed by atoms with van der Waals surface area (Å²) in [6.45, 7) is 5.76. The molecule has 3 aliphatic rings. The van der Waals surface area contributed by atoms with E-state index in [1.54, 1.807) is 62.3 Å². The third-order valence-electron chi connectivity index (χ3n) is 8.17. The minimum atomic E-state index is -1.71. The van der Waals surface area contributed by atoms with Gasteiger partial charge in [-0.1, -0.05) is 47.4 Å². The molecule has 0 unspecified atom stereocenters. The summed E-state index contributed by atoms with van der Waals surface area (Å²) in [5.74, 6) is -2.73. The Bertz CT molecular complexity index is 1910. The minimum absolute atomic E-state index is 0.139. The molecular weight excluding hydrogens is 719 g/mol. The lowest BCUT2D eigenvalue weighted by molar-refractivity contribution is -0.138. The number of carbonyl (C=O) groups excluding carboxylic acids is 5. The Hall–Kier alpha value is -4.60. The smallest absolute Gasteiger partial charge is 0.345 e. The van der Waals surface area contributed by atoms with E-state index in [0.29, 0.717) is 39.8 Å². The minimum Gasteiger partial charge on any atom is -0.497 e. The summed E-state index contributed by atoms with van der Waals surface area (Å²) in [4.78, 5) is 70.0. The van der Waals surface area contributed by atoms with Gasteiger partial charge in [0.2, 0.25) is 0 Å². The van der Waals surface area contributed by atoms with Gasteiger partial charge in [0.05, 0.1) is 59.0 Å². The molecule has 12 nitrogen and oxygen atoms in total. The molecule has 0 atom stereocenters. The molecule has 3 heterocycles. The number of anilines is 1. The maximum absolute atomic E-state index is 14.4. The number of carbonyl (C=O) groups is 5. The molecular formula is C36H35NO11S3. The van der Waals surface area contributed by atoms with Crippen LogP contribution < -0.4 is 14.4 Å². The number of amides is 1. The van der Waals surface area contributed by atoms with Gasteiger partial charge in [-0.2, -0.15) is 0 Å². The number of esters is 4. The van der Waals surface area contributed by atoms with E-state index >= 15 is 0 Å². The van der Waals surface area contributed by atoms with Crippen LogP contribution in [0.5, 0.6) is 11.5 Å². The van der Waals surface area contributed by atoms with Gasteiger partial charge in [-0.15, -0.1) is 0 Å². The normalized spacial score (nSPS) is 17.2. The fourth-order valence-corrected chi connectivity index (χ4v) is 11.0. The van der Waals surface area contributed by atoms with E-state index in [4.69, 9.17) is 28.4 Å². The second-order valence-electron chi connectivity index (χ2n) is 11.4. The molecule has 5 rings (SSSR count). The highest BCUT2D eigenvalue weighted by molar-refractivity contribution is 8.26. The van der Waals surface area contributed by atoms with E-state index < -0.39 is 33.5 Å². The van der Waals surface area contributed by atoms with Crippen LogP contribution >= 0.6 is 35.3 Å². The van der Waals surface area contributed by atoms with Crippen LogP contribution in [-0.4, -0.2) is 81.6 Å². The number of hydrogen-bond donors (Lipinski definition) is 0. The van der Waals surface area contributed by atoms with Crippen molar-refractivity contribution < 1.29 is 52.4 Å². The van der Waals surface area contributed by atoms with Crippen LogP contribution in [0.15, 0.2) is 73.7 Å². The van der Waals surface area contributed by atoms with Gasteiger partial charge in [0.1, 0.15) is 30.3 Å². The molecule has 0 fully saturated rings. The van der Waals surface area contributed by atoms with Crippen molar-refractivity contribution in [3.63, 3.8) is 0 Å². The summed E-state index contributed by atoms with van der Waals surface area (Å²) < 4.78 is 30.0. The Kier molecular flexibility index (Phi) is 11.0. The number of ether oxygens (including phenoxy) is 6. The fraction of sp³-hybridized carbons (Fsp3) is 0.306. The van der Waals surface area contributed by atoms with Crippen molar-refractivity contribution in [2.75, 3.05) is 47.1 Å². The number of fused-ring (bicyclic) bond motifs is 3. The number of thioether (sulfide) groups is 3. The zero-order chi connectivity index (χ0) is 37.2. The zero-order valence-electron chi connectivity index (χ0n) is 29.1. The highest BCUT2D eigenvalue weighted by atomic mass is 32.2. The molecule has 0 radical (unpaired) electrons. The van der Waals surface area contributed by atoms with Crippen molar-refractivity contribution in [2.24, 2.45) is 0 Å². The lowest BCUT2D eigenvalue weighted by atomic mass is 9.83. The summed E-state index contributed by atoms with van der Waals surface area (Å²) >= 11 is 2.66. The molecule has 2 aromatic carbocycles. The molecule has 3 aliphatic heterocycles. The van der Waals surface area contributed by atoms with Crippen LogP contribution in [-0.2, 0) is 42.9 Å². The zero-order valence-corrected chi connectivity index (χ0v) is 31.5. The maximum Gasteiger partial charge on any atom is 0.345 e. The number of benzene rings is 2. The van der Waals surface area contributed by atoms with Crippen LogP contribution in [0, 0.1) is 0 Å². The first-order valence-corrected chi connectivity index (χ1v) is 17.8. The van der Waals surface area contributed by atoms with Gasteiger partial charge in [0.15, 0.2) is 0 Å². The number of rotatable bonds is 9. The summed E-state index contributed by atoms with van der Waals surface area (Å²) in [6, 6.07) is 12.4. The predicted octanol–water partition coefficient (Wildman–Crippen LogP) is 5.72. The average Bonchev–Trinajstić information content (AvgIpc) is 3.53. The molecule has 15 heteroatoms. The lowest BCUT2D eigenvalue weighted by Crippen LogP contribution is -2.53. The van der Waals surface area contributed by atoms with Crippen LogP contribution in [0.25, 0.3) is 11.6 Å². The topological polar surface area (TPSA) is 144 Å². The Morgan fingerprint density at radius 2 is 1.29 bits per heavy atom. The van der Waals surface area contributed by atoms with Crippen molar-refractivity contribution in [1.29, 1.82) is 0 Å². The first-order chi connectivity index (χ1) is 24.3. The molecule has 0 saturated carbocycles. The third kappa shape index (κ3) is 6.53. The van der Waals surface area contributed by atoms with Gasteiger partial charge in [-0.25, -0.2) is 19.2 Å². The molecule has 0 bridgehead atoms. The van der Waals surface area contributed by atoms with Crippen molar-refractivity contribution in [3.05, 3.63) is 84.9 Å². The molecule has 268 valence electrons. The largest absolute Gasteiger partial charge is 0.497 e. The second-order valence-corrected chi connectivity index (χ2v) is 15.1. The van der Waals surface area contributed by atoms with Gasteiger partial charge in [0, 0.05) is 22.1 Å². The Labute approximate surface area is 307 Å². The first-order valence-electron chi connectivity index (χ1n) is 15.4. The molecule has 0 saturated heterocycles. The van der Waals surface area contributed by atoms with Crippen molar-refractivity contribution >= 4 is 82.4 Å². The van der Waals surface area contributed by atoms with Gasteiger partial charge < -0.3 is 28.4 Å². The quantitative estimate of drug-likeness (QED) is 0.175. The van der Waals surface area contributed by atoms with Crippen molar-refractivity contribution in [2.45, 2.75) is 30.4 Å². The highest BCUT2D eigenvalue weighted by Gasteiger charge is 2.61. The van der Waals surface area contributed by atoms with Crippen molar-refractivity contribution in [3.8, 4) is 11.5 Å². The Morgan fingerprint density at radius 1 is 0.745 bits per heavy atom. The van der Waals surface area contributed by atoms with Crippen LogP contribution in [0.2, 0.25) is 0 Å². The Balaban J connectivity index is 1.82. The van der Waals surface area contributed by atoms with Gasteiger partial charge in [0.25, 0.3) is 5.91 Å². The maximum atomic E-state index is 14.4. The van der Waals surface area contributed by atoms with E-state index in [0.717, 1.165) is 62.2 Å². The van der Waals surface area contributed by atoms with Gasteiger partial charge in [-0.05, 0) is 62.7 Å². The fourth-order valence-electron chi connectivity index (χ4n) is 5.90. The van der Waals surface area contributed by atoms with Gasteiger partial charge in [-0.3, -0.25) is 9.69 Å². The van der Waals surface area contributed by atoms with Gasteiger partial charge >= 0.3 is 23.9 Å². The van der Waals surface area contributed by atoms with Crippen LogP contribution in [0.1, 0.15) is 31.9 Å². The second kappa shape index (κ2) is 14.9. The molecule has 0 aliphatic carbocycles. The molecule has 1 amide bonds. The summed E-state index contributed by atoms with van der Waals surface area (Å²) in [7, 11) is 6.22. The van der Waals surface area contributed by atoms with E-state index in [1.165, 1.54) is 13.2 Å². The molecule has 0 aromatic heterocycles. The summed E-state index contributed by atoms with van der Waals surface area (Å²) in [5.41, 5.74) is 0.736. The van der Waals surface area contributed by atoms with E-state index in [-0.39, 0.29) is 26.2 Å². The average molecular weight is 754 g/mol. The van der Waals surface area contributed by atoms with Crippen LogP contribution in [0.4, 0.5) is 5.69 Å². The van der Waals surface area contributed by atoms with E-state index in [2.05, 4.69) is 0 Å². The third-order valence-corrected chi connectivity index (χ3v) is 12.8. The summed E-state index contributed by atoms with van der Waals surface area (Å²) in [6.07, 6.45) is 3.12. The molecule has 1 spiro atoms. The standard InChI is InChI=1S/C36H35NO11S3/c1-9-48-21-15-16-23-22(18-21)25-30(35(2,3)37(23)24(38)17-12-19-10-13-20(43-4)14-11-19)49-27(32(40)45-6)26(31(39)44-5)36(25)50-28(33(41)46-7)29(51-36)34(42)47-8/h10-18H,9H2,1-8H3/b17-12+. The van der Waals surface area contributed by atoms with Crippen molar-refractivity contribution in [1.82, 2.24) is 0 Å². The lowest BCUT2D eigenvalue weighted by Gasteiger charge is -2.50. The molecule has 51 heavy (non-hydrogen) atoms. The summed E-state index contributed by atoms with van der Waals surface area (Å²) in [5, 5.41) is 0. The van der Waals surface area contributed by atoms with E-state index in [1.807, 2.05) is 19.1 Å². The predicted molar refractivity (Wildman–Crippen MR) is 196 cm³/mol. The number of nitrogens with zero attached hydrogens (tertiary/aromatic N) is 1. The SMILES string of the molecule is CCOc1ccc2c(c1)C1=C(SC(C(=O)OC)=C(C(=O)OC)C13SC(C(=O)OC)=C(C(=O)OC)S3)C(C)(C)N2C(=O)/C=C/c1ccc(OC)cc1. The first kappa shape index (κ1) is 37.7. The van der Waals surface area contributed by atoms with E-state index in [9.17, 15) is 24.0 Å². The Morgan fingerprint density at radius 3 is 1.82 bits per heavy atom. The highest BCUT2D eigenvalue weighted by Crippen LogP contribution is 2.71.